The lowest BCUT2D eigenvalue weighted by molar-refractivity contribution is -0.201. The Morgan fingerprint density at radius 1 is 1.32 bits per heavy atom. The van der Waals surface area contributed by atoms with Crippen LogP contribution in [0, 0.1) is 0 Å². The van der Waals surface area contributed by atoms with Gasteiger partial charge in [-0.25, -0.2) is 0 Å². The number of nitrogens with one attached hydrogen (secondary N) is 1. The topological polar surface area (TPSA) is 49.3 Å². The van der Waals surface area contributed by atoms with Gasteiger partial charge in [-0.2, -0.15) is 13.2 Å². The van der Waals surface area contributed by atoms with Gasteiger partial charge in [0, 0.05) is 17.1 Å². The smallest absolute Gasteiger partial charge is 0.382 e. The Hall–Kier alpha value is -1.21. The summed E-state index contributed by atoms with van der Waals surface area (Å²) >= 11 is 1.44. The minimum Gasteiger partial charge on any atom is -0.382 e. The average molecular weight is 293 g/mol. The maximum Gasteiger partial charge on any atom is 0.416 e. The Balaban J connectivity index is 2.18. The maximum atomic E-state index is 12.0. The summed E-state index contributed by atoms with van der Waals surface area (Å²) in [4.78, 5) is 12.3. The predicted molar refractivity (Wildman–Crippen MR) is 66.9 cm³/mol. The molecule has 0 bridgehead atoms. The van der Waals surface area contributed by atoms with Crippen molar-refractivity contribution in [2.75, 3.05) is 12.3 Å². The molecule has 0 heterocycles. The van der Waals surface area contributed by atoms with Crippen LogP contribution in [0.25, 0.3) is 0 Å². The molecule has 0 spiro atoms. The average Bonchev–Trinajstić information content (AvgIpc) is 2.36. The maximum absolute atomic E-state index is 12.0. The van der Waals surface area contributed by atoms with Crippen LogP contribution in [0.2, 0.25) is 0 Å². The van der Waals surface area contributed by atoms with E-state index in [0.29, 0.717) is 5.75 Å². The molecule has 0 aliphatic heterocycles. The van der Waals surface area contributed by atoms with Gasteiger partial charge in [0.2, 0.25) is 5.91 Å². The molecule has 106 valence electrons. The summed E-state index contributed by atoms with van der Waals surface area (Å²) in [6.07, 6.45) is -7.12. The summed E-state index contributed by atoms with van der Waals surface area (Å²) < 4.78 is 35.9. The molecule has 0 fully saturated rings. The number of thioether (sulfide) groups is 1. The van der Waals surface area contributed by atoms with E-state index in [0.717, 1.165) is 4.90 Å². The second-order valence-corrected chi connectivity index (χ2v) is 4.94. The molecule has 0 aliphatic carbocycles. The van der Waals surface area contributed by atoms with E-state index in [1.807, 2.05) is 30.3 Å². The molecule has 7 heteroatoms. The molecule has 0 saturated heterocycles. The normalized spacial score (nSPS) is 13.1. The third kappa shape index (κ3) is 6.49. The summed E-state index contributed by atoms with van der Waals surface area (Å²) in [5, 5.41) is 10.7. The molecular formula is C12H14F3NO2S. The van der Waals surface area contributed by atoms with Gasteiger partial charge in [0.15, 0.2) is 6.10 Å². The minimum atomic E-state index is -4.70. The fourth-order valence-corrected chi connectivity index (χ4v) is 2.07. The first-order chi connectivity index (χ1) is 8.89. The number of hydrogen-bond donors (Lipinski definition) is 2. The Morgan fingerprint density at radius 3 is 2.53 bits per heavy atom. The standard InChI is InChI=1S/C12H14F3NO2S/c13-12(14,15)10(17)8-16-11(18)6-7-19-9-4-2-1-3-5-9/h1-5,10,17H,6-8H2,(H,16,18). The first kappa shape index (κ1) is 15.8. The van der Waals surface area contributed by atoms with Crippen molar-refractivity contribution in [3.63, 3.8) is 0 Å². The highest BCUT2D eigenvalue weighted by molar-refractivity contribution is 7.99. The lowest BCUT2D eigenvalue weighted by Crippen LogP contribution is -2.40. The monoisotopic (exact) mass is 293 g/mol. The molecule has 1 rings (SSSR count). The molecule has 0 saturated carbocycles. The predicted octanol–water partition coefficient (Wildman–Crippen LogP) is 2.21. The summed E-state index contributed by atoms with van der Waals surface area (Å²) in [7, 11) is 0. The van der Waals surface area contributed by atoms with Gasteiger partial charge >= 0.3 is 6.18 Å². The largest absolute Gasteiger partial charge is 0.416 e. The summed E-state index contributed by atoms with van der Waals surface area (Å²) in [6.45, 7) is -0.807. The van der Waals surface area contributed by atoms with Crippen LogP contribution in [-0.4, -0.2) is 35.6 Å². The molecule has 1 unspecified atom stereocenters. The summed E-state index contributed by atoms with van der Waals surface area (Å²) in [5.41, 5.74) is 0. The summed E-state index contributed by atoms with van der Waals surface area (Å²) in [5.74, 6) is -0.0375. The van der Waals surface area contributed by atoms with Crippen LogP contribution in [-0.2, 0) is 4.79 Å². The van der Waals surface area contributed by atoms with Crippen molar-refractivity contribution in [2.24, 2.45) is 0 Å². The molecule has 0 aliphatic rings. The molecule has 0 aromatic heterocycles. The van der Waals surface area contributed by atoms with E-state index in [1.54, 1.807) is 0 Å². The van der Waals surface area contributed by atoms with Crippen LogP contribution in [0.3, 0.4) is 0 Å². The van der Waals surface area contributed by atoms with Crippen LogP contribution >= 0.6 is 11.8 Å². The van der Waals surface area contributed by atoms with E-state index in [9.17, 15) is 18.0 Å². The van der Waals surface area contributed by atoms with E-state index >= 15 is 0 Å². The van der Waals surface area contributed by atoms with E-state index in [-0.39, 0.29) is 6.42 Å². The summed E-state index contributed by atoms with van der Waals surface area (Å²) in [6, 6.07) is 9.37. The molecule has 1 atom stereocenters. The number of aliphatic hydroxyl groups is 1. The number of amides is 1. The van der Waals surface area contributed by atoms with Crippen molar-refractivity contribution in [3.05, 3.63) is 30.3 Å². The van der Waals surface area contributed by atoms with E-state index in [1.165, 1.54) is 11.8 Å². The van der Waals surface area contributed by atoms with Crippen molar-refractivity contribution in [1.29, 1.82) is 0 Å². The van der Waals surface area contributed by atoms with Crippen LogP contribution in [0.1, 0.15) is 6.42 Å². The quantitative estimate of drug-likeness (QED) is 0.791. The van der Waals surface area contributed by atoms with Gasteiger partial charge in [-0.15, -0.1) is 11.8 Å². The van der Waals surface area contributed by atoms with Gasteiger partial charge in [-0.3, -0.25) is 4.79 Å². The zero-order chi connectivity index (χ0) is 14.3. The van der Waals surface area contributed by atoms with Gasteiger partial charge in [0.1, 0.15) is 0 Å². The molecule has 2 N–H and O–H groups in total. The van der Waals surface area contributed by atoms with Gasteiger partial charge in [0.25, 0.3) is 0 Å². The number of alkyl halides is 3. The Bertz CT molecular complexity index is 398. The van der Waals surface area contributed by atoms with Crippen LogP contribution < -0.4 is 5.32 Å². The first-order valence-corrected chi connectivity index (χ1v) is 6.57. The van der Waals surface area contributed by atoms with E-state index in [2.05, 4.69) is 5.32 Å². The lowest BCUT2D eigenvalue weighted by atomic mass is 10.3. The second kappa shape index (κ2) is 7.40. The number of aliphatic hydroxyl groups excluding tert-OH is 1. The van der Waals surface area contributed by atoms with Crippen molar-refractivity contribution in [3.8, 4) is 0 Å². The van der Waals surface area contributed by atoms with Crippen molar-refractivity contribution in [2.45, 2.75) is 23.6 Å². The SMILES string of the molecule is O=C(CCSc1ccccc1)NCC(O)C(F)(F)F. The highest BCUT2D eigenvalue weighted by Crippen LogP contribution is 2.19. The zero-order valence-corrected chi connectivity index (χ0v) is 10.8. The molecule has 19 heavy (non-hydrogen) atoms. The van der Waals surface area contributed by atoms with E-state index in [4.69, 9.17) is 5.11 Å². The third-order valence-electron chi connectivity index (χ3n) is 2.21. The first-order valence-electron chi connectivity index (χ1n) is 5.59. The van der Waals surface area contributed by atoms with Crippen LogP contribution in [0.4, 0.5) is 13.2 Å². The number of carbonyl (C=O) groups is 1. The number of halogens is 3. The van der Waals surface area contributed by atoms with Gasteiger partial charge < -0.3 is 10.4 Å². The van der Waals surface area contributed by atoms with Gasteiger partial charge in [-0.05, 0) is 12.1 Å². The number of carbonyl (C=O) groups excluding carboxylic acids is 1. The van der Waals surface area contributed by atoms with Crippen LogP contribution in [0.15, 0.2) is 35.2 Å². The van der Waals surface area contributed by atoms with Gasteiger partial charge in [-0.1, -0.05) is 18.2 Å². The third-order valence-corrected chi connectivity index (χ3v) is 3.23. The highest BCUT2D eigenvalue weighted by Gasteiger charge is 2.38. The second-order valence-electron chi connectivity index (χ2n) is 3.77. The Kier molecular flexibility index (Phi) is 6.17. The lowest BCUT2D eigenvalue weighted by Gasteiger charge is -2.14. The van der Waals surface area contributed by atoms with Crippen molar-refractivity contribution >= 4 is 17.7 Å². The van der Waals surface area contributed by atoms with Crippen molar-refractivity contribution in [1.82, 2.24) is 5.32 Å². The number of hydrogen-bond acceptors (Lipinski definition) is 3. The van der Waals surface area contributed by atoms with Gasteiger partial charge in [0.05, 0.1) is 6.54 Å². The fraction of sp³-hybridized carbons (Fsp3) is 0.417. The molecule has 0 radical (unpaired) electrons. The Morgan fingerprint density at radius 2 is 1.95 bits per heavy atom. The zero-order valence-electron chi connectivity index (χ0n) is 9.98. The molecular weight excluding hydrogens is 279 g/mol. The van der Waals surface area contributed by atoms with E-state index < -0.39 is 24.7 Å². The Labute approximate surface area is 113 Å². The molecule has 1 aromatic rings. The highest BCUT2D eigenvalue weighted by atomic mass is 32.2. The minimum absolute atomic E-state index is 0.101. The van der Waals surface area contributed by atoms with Crippen molar-refractivity contribution < 1.29 is 23.1 Å². The molecule has 3 nitrogen and oxygen atoms in total. The number of benzene rings is 1. The fourth-order valence-electron chi connectivity index (χ4n) is 1.19. The number of rotatable bonds is 6. The van der Waals surface area contributed by atoms with Crippen LogP contribution in [0.5, 0.6) is 0 Å². The molecule has 1 aromatic carbocycles. The molecule has 1 amide bonds.